The number of rotatable bonds is 6. The minimum absolute atomic E-state index is 0.0960. The Morgan fingerprint density at radius 3 is 2.52 bits per heavy atom. The minimum Gasteiger partial charge on any atom is -0.332 e. The van der Waals surface area contributed by atoms with Crippen molar-refractivity contribution in [3.63, 3.8) is 0 Å². The van der Waals surface area contributed by atoms with E-state index in [0.717, 1.165) is 31.4 Å². The van der Waals surface area contributed by atoms with Gasteiger partial charge in [0, 0.05) is 17.7 Å². The standard InChI is InChI=1S/C22H28N2O/c1-3-16-10-7-11-17(4-2)22(16)24-21(25)15-23-20-14-8-12-18-9-5-6-13-19(18)20/h5-7,9-11,13,20,23H,3-4,8,12,14-15H2,1-2H3,(H,24,25)/p+1/t20-/m1/s1. The number of fused-ring (bicyclic) bond motifs is 1. The van der Waals surface area contributed by atoms with E-state index in [2.05, 4.69) is 66.9 Å². The smallest absolute Gasteiger partial charge is 0.279 e. The van der Waals surface area contributed by atoms with Crippen molar-refractivity contribution < 1.29 is 10.1 Å². The molecule has 0 aromatic heterocycles. The van der Waals surface area contributed by atoms with E-state index in [9.17, 15) is 4.79 Å². The minimum atomic E-state index is 0.0960. The lowest BCUT2D eigenvalue weighted by Crippen LogP contribution is -2.87. The second kappa shape index (κ2) is 8.30. The first-order valence-corrected chi connectivity index (χ1v) is 9.54. The molecule has 1 amide bonds. The molecule has 3 heteroatoms. The lowest BCUT2D eigenvalue weighted by Gasteiger charge is -2.23. The number of para-hydroxylation sites is 1. The van der Waals surface area contributed by atoms with Crippen LogP contribution < -0.4 is 10.6 Å². The fraction of sp³-hybridized carbons (Fsp3) is 0.409. The Morgan fingerprint density at radius 2 is 1.80 bits per heavy atom. The number of carbonyl (C=O) groups excluding carboxylic acids is 1. The zero-order valence-electron chi connectivity index (χ0n) is 15.3. The molecule has 25 heavy (non-hydrogen) atoms. The fourth-order valence-corrected chi connectivity index (χ4v) is 3.88. The van der Waals surface area contributed by atoms with E-state index in [1.807, 2.05) is 0 Å². The van der Waals surface area contributed by atoms with Crippen molar-refractivity contribution in [3.8, 4) is 0 Å². The molecule has 0 fully saturated rings. The van der Waals surface area contributed by atoms with Gasteiger partial charge in [0.05, 0.1) is 0 Å². The van der Waals surface area contributed by atoms with Crippen molar-refractivity contribution in [3.05, 3.63) is 64.7 Å². The quantitative estimate of drug-likeness (QED) is 0.834. The number of nitrogens with one attached hydrogen (secondary N) is 1. The van der Waals surface area contributed by atoms with Gasteiger partial charge in [-0.2, -0.15) is 0 Å². The molecule has 3 rings (SSSR count). The first-order valence-electron chi connectivity index (χ1n) is 9.54. The Labute approximate surface area is 150 Å². The van der Waals surface area contributed by atoms with Crippen molar-refractivity contribution >= 4 is 11.6 Å². The molecule has 0 spiro atoms. The van der Waals surface area contributed by atoms with Gasteiger partial charge in [-0.05, 0) is 42.4 Å². The molecular weight excluding hydrogens is 308 g/mol. The monoisotopic (exact) mass is 337 g/mol. The lowest BCUT2D eigenvalue weighted by atomic mass is 9.88. The van der Waals surface area contributed by atoms with Crippen LogP contribution in [-0.2, 0) is 24.1 Å². The molecule has 0 aliphatic heterocycles. The summed E-state index contributed by atoms with van der Waals surface area (Å²) in [6.07, 6.45) is 5.39. The van der Waals surface area contributed by atoms with Gasteiger partial charge in [-0.15, -0.1) is 0 Å². The Balaban J connectivity index is 1.65. The van der Waals surface area contributed by atoms with Crippen LogP contribution in [0.5, 0.6) is 0 Å². The number of benzene rings is 2. The average molecular weight is 337 g/mol. The van der Waals surface area contributed by atoms with Crippen LogP contribution >= 0.6 is 0 Å². The highest BCUT2D eigenvalue weighted by Gasteiger charge is 2.23. The molecule has 2 aromatic carbocycles. The van der Waals surface area contributed by atoms with Crippen LogP contribution in [0.2, 0.25) is 0 Å². The van der Waals surface area contributed by atoms with Gasteiger partial charge in [-0.1, -0.05) is 56.3 Å². The molecule has 0 bridgehead atoms. The zero-order valence-corrected chi connectivity index (χ0v) is 15.3. The van der Waals surface area contributed by atoms with Gasteiger partial charge in [0.1, 0.15) is 6.04 Å². The van der Waals surface area contributed by atoms with Crippen LogP contribution in [0.1, 0.15) is 55.0 Å². The summed E-state index contributed by atoms with van der Waals surface area (Å²) in [5.41, 5.74) is 6.31. The van der Waals surface area contributed by atoms with Gasteiger partial charge in [0.2, 0.25) is 0 Å². The van der Waals surface area contributed by atoms with E-state index in [1.54, 1.807) is 0 Å². The van der Waals surface area contributed by atoms with E-state index < -0.39 is 0 Å². The second-order valence-corrected chi connectivity index (χ2v) is 6.84. The summed E-state index contributed by atoms with van der Waals surface area (Å²) in [6.45, 7) is 4.74. The molecule has 1 aliphatic carbocycles. The van der Waals surface area contributed by atoms with Crippen molar-refractivity contribution in [2.24, 2.45) is 0 Å². The number of carbonyl (C=O) groups is 1. The first-order chi connectivity index (χ1) is 12.2. The first kappa shape index (κ1) is 17.7. The third-order valence-corrected chi connectivity index (χ3v) is 5.27. The number of quaternary nitrogens is 1. The number of hydrogen-bond acceptors (Lipinski definition) is 1. The summed E-state index contributed by atoms with van der Waals surface area (Å²) in [5.74, 6) is 0.0960. The van der Waals surface area contributed by atoms with Gasteiger partial charge >= 0.3 is 0 Å². The summed E-state index contributed by atoms with van der Waals surface area (Å²) in [6, 6.07) is 15.4. The highest BCUT2D eigenvalue weighted by atomic mass is 16.1. The normalized spacial score (nSPS) is 16.3. The van der Waals surface area contributed by atoms with Crippen LogP contribution in [0.4, 0.5) is 5.69 Å². The van der Waals surface area contributed by atoms with E-state index in [-0.39, 0.29) is 5.91 Å². The number of amides is 1. The molecule has 0 unspecified atom stereocenters. The average Bonchev–Trinajstić information content (AvgIpc) is 2.66. The van der Waals surface area contributed by atoms with Gasteiger partial charge in [0.15, 0.2) is 6.54 Å². The molecule has 3 nitrogen and oxygen atoms in total. The van der Waals surface area contributed by atoms with Crippen molar-refractivity contribution in [2.45, 2.75) is 52.0 Å². The molecule has 3 N–H and O–H groups in total. The molecule has 132 valence electrons. The zero-order chi connectivity index (χ0) is 17.6. The molecule has 0 saturated carbocycles. The van der Waals surface area contributed by atoms with E-state index in [0.29, 0.717) is 12.6 Å². The predicted molar refractivity (Wildman–Crippen MR) is 103 cm³/mol. The number of hydrogen-bond donors (Lipinski definition) is 2. The Morgan fingerprint density at radius 1 is 1.08 bits per heavy atom. The maximum absolute atomic E-state index is 12.6. The Hall–Kier alpha value is -2.13. The summed E-state index contributed by atoms with van der Waals surface area (Å²) in [7, 11) is 0. The molecule has 1 aliphatic rings. The molecule has 0 radical (unpaired) electrons. The molecule has 1 atom stereocenters. The number of aryl methyl sites for hydroxylation is 3. The fourth-order valence-electron chi connectivity index (χ4n) is 3.88. The third-order valence-electron chi connectivity index (χ3n) is 5.27. The summed E-state index contributed by atoms with van der Waals surface area (Å²) in [5, 5.41) is 5.38. The number of anilines is 1. The van der Waals surface area contributed by atoms with Crippen LogP contribution in [0.3, 0.4) is 0 Å². The maximum Gasteiger partial charge on any atom is 0.279 e. The largest absolute Gasteiger partial charge is 0.332 e. The van der Waals surface area contributed by atoms with Crippen molar-refractivity contribution in [1.82, 2.24) is 0 Å². The summed E-state index contributed by atoms with van der Waals surface area (Å²) < 4.78 is 0. The van der Waals surface area contributed by atoms with E-state index in [4.69, 9.17) is 0 Å². The van der Waals surface area contributed by atoms with Crippen LogP contribution in [-0.4, -0.2) is 12.5 Å². The Kier molecular flexibility index (Phi) is 5.87. The lowest BCUT2D eigenvalue weighted by molar-refractivity contribution is -0.687. The SMILES string of the molecule is CCc1cccc(CC)c1NC(=O)C[NH2+][C@@H]1CCCc2ccccc21. The molecule has 0 heterocycles. The Bertz CT molecular complexity index is 716. The van der Waals surface area contributed by atoms with Gasteiger partial charge in [-0.25, -0.2) is 0 Å². The maximum atomic E-state index is 12.6. The highest BCUT2D eigenvalue weighted by Crippen LogP contribution is 2.26. The third kappa shape index (κ3) is 4.10. The summed E-state index contributed by atoms with van der Waals surface area (Å²) >= 11 is 0. The molecular formula is C22H29N2O+. The topological polar surface area (TPSA) is 45.7 Å². The van der Waals surface area contributed by atoms with Crippen molar-refractivity contribution in [1.29, 1.82) is 0 Å². The second-order valence-electron chi connectivity index (χ2n) is 6.84. The van der Waals surface area contributed by atoms with Crippen LogP contribution in [0, 0.1) is 0 Å². The van der Waals surface area contributed by atoms with Gasteiger partial charge in [-0.3, -0.25) is 4.79 Å². The predicted octanol–water partition coefficient (Wildman–Crippen LogP) is 3.39. The molecule has 2 aromatic rings. The van der Waals surface area contributed by atoms with Crippen LogP contribution in [0.25, 0.3) is 0 Å². The van der Waals surface area contributed by atoms with Gasteiger partial charge in [0.25, 0.3) is 5.91 Å². The summed E-state index contributed by atoms with van der Waals surface area (Å²) in [4.78, 5) is 12.6. The van der Waals surface area contributed by atoms with E-state index in [1.165, 1.54) is 28.7 Å². The number of nitrogens with two attached hydrogens (primary N) is 1. The molecule has 0 saturated heterocycles. The van der Waals surface area contributed by atoms with Gasteiger partial charge < -0.3 is 10.6 Å². The van der Waals surface area contributed by atoms with E-state index >= 15 is 0 Å². The highest BCUT2D eigenvalue weighted by molar-refractivity contribution is 5.93. The van der Waals surface area contributed by atoms with Crippen molar-refractivity contribution in [2.75, 3.05) is 11.9 Å². The van der Waals surface area contributed by atoms with Crippen LogP contribution in [0.15, 0.2) is 42.5 Å².